The third kappa shape index (κ3) is 4.56. The first-order chi connectivity index (χ1) is 14.0. The van der Waals surface area contributed by atoms with E-state index in [-0.39, 0.29) is 5.91 Å². The second-order valence-corrected chi connectivity index (χ2v) is 8.30. The number of oxazole rings is 1. The summed E-state index contributed by atoms with van der Waals surface area (Å²) in [4.78, 5) is 28.1. The molecule has 2 saturated heterocycles. The Morgan fingerprint density at radius 2 is 1.83 bits per heavy atom. The van der Waals surface area contributed by atoms with Crippen LogP contribution in [0.4, 0.5) is 5.82 Å². The largest absolute Gasteiger partial charge is 0.444 e. The van der Waals surface area contributed by atoms with Crippen LogP contribution in [0.25, 0.3) is 0 Å². The minimum absolute atomic E-state index is 0.0343. The van der Waals surface area contributed by atoms with E-state index in [1.807, 2.05) is 18.7 Å². The summed E-state index contributed by atoms with van der Waals surface area (Å²) in [6.45, 7) is 9.68. The van der Waals surface area contributed by atoms with Gasteiger partial charge in [-0.2, -0.15) is 0 Å². The van der Waals surface area contributed by atoms with Crippen molar-refractivity contribution in [1.29, 1.82) is 0 Å². The first-order valence-electron chi connectivity index (χ1n) is 10.4. The minimum Gasteiger partial charge on any atom is -0.444 e. The molecule has 0 aliphatic carbocycles. The minimum atomic E-state index is 0.0343. The average molecular weight is 418 g/mol. The number of likely N-dealkylation sites (tertiary alicyclic amines) is 1. The highest BCUT2D eigenvalue weighted by Crippen LogP contribution is 2.26. The zero-order valence-corrected chi connectivity index (χ0v) is 17.9. The summed E-state index contributed by atoms with van der Waals surface area (Å²) < 4.78 is 5.70. The van der Waals surface area contributed by atoms with Gasteiger partial charge in [0, 0.05) is 45.5 Å². The van der Waals surface area contributed by atoms with Gasteiger partial charge in [0.05, 0.1) is 22.8 Å². The molecule has 4 rings (SSSR count). The molecule has 0 aromatic carbocycles. The molecule has 2 aromatic rings. The molecule has 7 nitrogen and oxygen atoms in total. The number of amides is 1. The molecule has 2 aromatic heterocycles. The van der Waals surface area contributed by atoms with Gasteiger partial charge in [0.2, 0.25) is 5.89 Å². The highest BCUT2D eigenvalue weighted by Gasteiger charge is 2.24. The van der Waals surface area contributed by atoms with Crippen LogP contribution in [0.2, 0.25) is 5.02 Å². The van der Waals surface area contributed by atoms with Crippen molar-refractivity contribution in [2.75, 3.05) is 44.2 Å². The molecular formula is C21H28ClN5O2. The summed E-state index contributed by atoms with van der Waals surface area (Å²) in [5.41, 5.74) is 1.53. The Kier molecular flexibility index (Phi) is 6.06. The van der Waals surface area contributed by atoms with E-state index in [9.17, 15) is 4.79 Å². The third-order valence-electron chi connectivity index (χ3n) is 5.82. The first kappa shape index (κ1) is 20.2. The molecular weight excluding hydrogens is 390 g/mol. The van der Waals surface area contributed by atoms with Gasteiger partial charge in [0.25, 0.3) is 5.91 Å². The topological polar surface area (TPSA) is 65.7 Å². The molecule has 2 aliphatic heterocycles. The van der Waals surface area contributed by atoms with Gasteiger partial charge in [-0.1, -0.05) is 11.6 Å². The Morgan fingerprint density at radius 1 is 1.10 bits per heavy atom. The molecule has 2 fully saturated rings. The van der Waals surface area contributed by atoms with E-state index >= 15 is 0 Å². The molecule has 8 heteroatoms. The van der Waals surface area contributed by atoms with E-state index in [2.05, 4.69) is 19.8 Å². The number of carbonyl (C=O) groups is 1. The Morgan fingerprint density at radius 3 is 2.45 bits per heavy atom. The van der Waals surface area contributed by atoms with Crippen LogP contribution in [-0.2, 0) is 6.54 Å². The SMILES string of the molecule is Cc1nc(CN2CCN(c3ncc(C(=O)N4CCCCC4)cc3Cl)CC2)oc1C. The highest BCUT2D eigenvalue weighted by molar-refractivity contribution is 6.33. The van der Waals surface area contributed by atoms with E-state index in [4.69, 9.17) is 16.0 Å². The van der Waals surface area contributed by atoms with Crippen LogP contribution in [-0.4, -0.2) is 64.9 Å². The number of piperidine rings is 1. The number of carbonyl (C=O) groups excluding carboxylic acids is 1. The number of anilines is 1. The van der Waals surface area contributed by atoms with Crippen LogP contribution in [0, 0.1) is 13.8 Å². The van der Waals surface area contributed by atoms with Crippen molar-refractivity contribution in [3.05, 3.63) is 40.2 Å². The average Bonchev–Trinajstić information content (AvgIpc) is 3.05. The molecule has 0 spiro atoms. The molecule has 0 saturated carbocycles. The van der Waals surface area contributed by atoms with E-state index in [0.29, 0.717) is 17.1 Å². The van der Waals surface area contributed by atoms with E-state index in [0.717, 1.165) is 75.3 Å². The summed E-state index contributed by atoms with van der Waals surface area (Å²) in [6.07, 6.45) is 5.01. The Balaban J connectivity index is 1.36. The summed E-state index contributed by atoms with van der Waals surface area (Å²) in [7, 11) is 0. The Labute approximate surface area is 176 Å². The smallest absolute Gasteiger partial charge is 0.255 e. The zero-order chi connectivity index (χ0) is 20.4. The normalized spacial score (nSPS) is 18.3. The number of hydrogen-bond acceptors (Lipinski definition) is 6. The fourth-order valence-electron chi connectivity index (χ4n) is 3.98. The van der Waals surface area contributed by atoms with Crippen molar-refractivity contribution >= 4 is 23.3 Å². The molecule has 0 unspecified atom stereocenters. The van der Waals surface area contributed by atoms with Crippen molar-refractivity contribution < 1.29 is 9.21 Å². The maximum absolute atomic E-state index is 12.7. The van der Waals surface area contributed by atoms with Gasteiger partial charge in [0.15, 0.2) is 0 Å². The second kappa shape index (κ2) is 8.71. The van der Waals surface area contributed by atoms with Gasteiger partial charge in [0.1, 0.15) is 11.6 Å². The molecule has 0 bridgehead atoms. The second-order valence-electron chi connectivity index (χ2n) is 7.89. The predicted molar refractivity (Wildman–Crippen MR) is 112 cm³/mol. The lowest BCUT2D eigenvalue weighted by Crippen LogP contribution is -2.46. The monoisotopic (exact) mass is 417 g/mol. The maximum Gasteiger partial charge on any atom is 0.255 e. The first-order valence-corrected chi connectivity index (χ1v) is 10.7. The fourth-order valence-corrected chi connectivity index (χ4v) is 4.26. The number of nitrogens with zero attached hydrogens (tertiary/aromatic N) is 5. The standard InChI is InChI=1S/C21H28ClN5O2/c1-15-16(2)29-19(24-15)14-25-8-10-26(11-9-25)20-18(22)12-17(13-23-20)21(28)27-6-4-3-5-7-27/h12-13H,3-11,14H2,1-2H3. The lowest BCUT2D eigenvalue weighted by Gasteiger charge is -2.35. The molecule has 0 N–H and O–H groups in total. The number of hydrogen-bond donors (Lipinski definition) is 0. The highest BCUT2D eigenvalue weighted by atomic mass is 35.5. The number of pyridine rings is 1. The van der Waals surface area contributed by atoms with E-state index < -0.39 is 0 Å². The lowest BCUT2D eigenvalue weighted by molar-refractivity contribution is 0.0724. The number of piperazine rings is 1. The van der Waals surface area contributed by atoms with Crippen molar-refractivity contribution in [3.63, 3.8) is 0 Å². The lowest BCUT2D eigenvalue weighted by atomic mass is 10.1. The zero-order valence-electron chi connectivity index (χ0n) is 17.2. The Bertz CT molecular complexity index is 850. The van der Waals surface area contributed by atoms with Gasteiger partial charge in [-0.15, -0.1) is 0 Å². The summed E-state index contributed by atoms with van der Waals surface area (Å²) in [6, 6.07) is 1.77. The van der Waals surface area contributed by atoms with Crippen molar-refractivity contribution in [1.82, 2.24) is 19.8 Å². The summed E-state index contributed by atoms with van der Waals surface area (Å²) >= 11 is 6.52. The predicted octanol–water partition coefficient (Wildman–Crippen LogP) is 3.29. The van der Waals surface area contributed by atoms with Gasteiger partial charge >= 0.3 is 0 Å². The van der Waals surface area contributed by atoms with Crippen LogP contribution in [0.1, 0.15) is 47.0 Å². The number of aryl methyl sites for hydroxylation is 2. The van der Waals surface area contributed by atoms with Crippen LogP contribution < -0.4 is 4.90 Å². The van der Waals surface area contributed by atoms with E-state index in [1.165, 1.54) is 6.42 Å². The molecule has 0 radical (unpaired) electrons. The van der Waals surface area contributed by atoms with Gasteiger partial charge in [-0.05, 0) is 39.2 Å². The molecule has 156 valence electrons. The van der Waals surface area contributed by atoms with Crippen LogP contribution >= 0.6 is 11.6 Å². The van der Waals surface area contributed by atoms with Gasteiger partial charge in [-0.3, -0.25) is 9.69 Å². The molecule has 4 heterocycles. The third-order valence-corrected chi connectivity index (χ3v) is 6.09. The van der Waals surface area contributed by atoms with Crippen molar-refractivity contribution in [2.45, 2.75) is 39.7 Å². The van der Waals surface area contributed by atoms with E-state index in [1.54, 1.807) is 12.3 Å². The van der Waals surface area contributed by atoms with Crippen molar-refractivity contribution in [3.8, 4) is 0 Å². The summed E-state index contributed by atoms with van der Waals surface area (Å²) in [5, 5.41) is 0.542. The number of rotatable bonds is 4. The maximum atomic E-state index is 12.7. The van der Waals surface area contributed by atoms with Gasteiger partial charge in [-0.25, -0.2) is 9.97 Å². The Hall–Kier alpha value is -2.12. The molecule has 0 atom stereocenters. The van der Waals surface area contributed by atoms with Crippen LogP contribution in [0.15, 0.2) is 16.7 Å². The molecule has 1 amide bonds. The number of aromatic nitrogens is 2. The molecule has 2 aliphatic rings. The quantitative estimate of drug-likeness (QED) is 0.760. The molecule has 29 heavy (non-hydrogen) atoms. The van der Waals surface area contributed by atoms with Crippen LogP contribution in [0.3, 0.4) is 0 Å². The van der Waals surface area contributed by atoms with Crippen LogP contribution in [0.5, 0.6) is 0 Å². The fraction of sp³-hybridized carbons (Fsp3) is 0.571. The summed E-state index contributed by atoms with van der Waals surface area (Å²) in [5.74, 6) is 2.44. The number of halogens is 1. The van der Waals surface area contributed by atoms with Gasteiger partial charge < -0.3 is 14.2 Å². The van der Waals surface area contributed by atoms with Crippen molar-refractivity contribution in [2.24, 2.45) is 0 Å².